The van der Waals surface area contributed by atoms with Crippen LogP contribution in [0.5, 0.6) is 0 Å². The Labute approximate surface area is 94.9 Å². The van der Waals surface area contributed by atoms with E-state index in [1.54, 1.807) is 4.68 Å². The van der Waals surface area contributed by atoms with Gasteiger partial charge in [0.15, 0.2) is 0 Å². The summed E-state index contributed by atoms with van der Waals surface area (Å²) in [5, 5.41) is 8.85. The predicted octanol–water partition coefficient (Wildman–Crippen LogP) is 1.27. The quantitative estimate of drug-likeness (QED) is 0.827. The lowest BCUT2D eigenvalue weighted by Gasteiger charge is -1.96. The smallest absolute Gasteiger partial charge is 0.124 e. The van der Waals surface area contributed by atoms with Gasteiger partial charge in [-0.25, -0.2) is 0 Å². The second kappa shape index (κ2) is 3.66. The van der Waals surface area contributed by atoms with E-state index in [4.69, 9.17) is 5.73 Å². The van der Waals surface area contributed by atoms with Crippen LogP contribution in [0, 0.1) is 6.92 Å². The summed E-state index contributed by atoms with van der Waals surface area (Å²) in [6.07, 6.45) is 2.89. The van der Waals surface area contributed by atoms with E-state index in [0.29, 0.717) is 5.82 Å². The Bertz CT molecular complexity index is 521. The summed E-state index contributed by atoms with van der Waals surface area (Å²) < 4.78 is 3.52. The second-order valence-electron chi connectivity index (χ2n) is 4.00. The van der Waals surface area contributed by atoms with Gasteiger partial charge in [-0.1, -0.05) is 6.92 Å². The first-order chi connectivity index (χ1) is 7.54. The summed E-state index contributed by atoms with van der Waals surface area (Å²) in [6, 6.07) is 0. The van der Waals surface area contributed by atoms with Crippen molar-refractivity contribution in [2.45, 2.75) is 20.3 Å². The Kier molecular flexibility index (Phi) is 2.46. The third-order valence-electron chi connectivity index (χ3n) is 2.83. The van der Waals surface area contributed by atoms with Crippen LogP contribution in [-0.2, 0) is 20.5 Å². The van der Waals surface area contributed by atoms with Crippen molar-refractivity contribution in [3.8, 4) is 11.3 Å². The summed E-state index contributed by atoms with van der Waals surface area (Å²) in [5.74, 6) is 0.709. The Morgan fingerprint density at radius 2 is 2.00 bits per heavy atom. The van der Waals surface area contributed by atoms with Gasteiger partial charge in [-0.05, 0) is 13.3 Å². The molecule has 0 radical (unpaired) electrons. The van der Waals surface area contributed by atoms with Gasteiger partial charge in [0, 0.05) is 31.4 Å². The predicted molar refractivity (Wildman–Crippen MR) is 63.9 cm³/mol. The molecule has 2 N–H and O–H groups in total. The Morgan fingerprint density at radius 3 is 2.50 bits per heavy atom. The second-order valence-corrected chi connectivity index (χ2v) is 4.00. The zero-order valence-corrected chi connectivity index (χ0v) is 10.2. The number of aromatic nitrogens is 4. The van der Waals surface area contributed by atoms with Gasteiger partial charge >= 0.3 is 0 Å². The molecule has 16 heavy (non-hydrogen) atoms. The lowest BCUT2D eigenvalue weighted by Crippen LogP contribution is -1.97. The van der Waals surface area contributed by atoms with Gasteiger partial charge in [-0.2, -0.15) is 10.2 Å². The summed E-state index contributed by atoms with van der Waals surface area (Å²) in [6.45, 7) is 4.08. The third kappa shape index (κ3) is 1.48. The molecular weight excluding hydrogens is 202 g/mol. The number of aryl methyl sites for hydroxylation is 3. The van der Waals surface area contributed by atoms with Gasteiger partial charge in [-0.15, -0.1) is 0 Å². The van der Waals surface area contributed by atoms with E-state index < -0.39 is 0 Å². The molecule has 0 bridgehead atoms. The van der Waals surface area contributed by atoms with Gasteiger partial charge in [0.25, 0.3) is 0 Å². The molecule has 5 heteroatoms. The average Bonchev–Trinajstić information content (AvgIpc) is 2.74. The molecule has 0 saturated heterocycles. The average molecular weight is 219 g/mol. The van der Waals surface area contributed by atoms with Crippen molar-refractivity contribution in [1.82, 2.24) is 19.6 Å². The van der Waals surface area contributed by atoms with Crippen molar-refractivity contribution in [3.63, 3.8) is 0 Å². The van der Waals surface area contributed by atoms with Gasteiger partial charge in [0.05, 0.1) is 5.69 Å². The van der Waals surface area contributed by atoms with Crippen molar-refractivity contribution in [2.75, 3.05) is 5.73 Å². The molecule has 5 nitrogen and oxygen atoms in total. The van der Waals surface area contributed by atoms with Crippen molar-refractivity contribution >= 4 is 5.82 Å². The number of rotatable bonds is 2. The van der Waals surface area contributed by atoms with Crippen LogP contribution >= 0.6 is 0 Å². The third-order valence-corrected chi connectivity index (χ3v) is 2.83. The maximum atomic E-state index is 5.91. The molecule has 0 aromatic carbocycles. The molecule has 2 rings (SSSR count). The van der Waals surface area contributed by atoms with Crippen molar-refractivity contribution in [3.05, 3.63) is 17.5 Å². The first kappa shape index (κ1) is 10.7. The van der Waals surface area contributed by atoms with Gasteiger partial charge in [0.2, 0.25) is 0 Å². The monoisotopic (exact) mass is 219 g/mol. The molecule has 0 fully saturated rings. The van der Waals surface area contributed by atoms with Crippen LogP contribution in [0.3, 0.4) is 0 Å². The highest BCUT2D eigenvalue weighted by Gasteiger charge is 2.16. The van der Waals surface area contributed by atoms with Gasteiger partial charge in [-0.3, -0.25) is 9.36 Å². The minimum atomic E-state index is 0.709. The Morgan fingerprint density at radius 1 is 1.31 bits per heavy atom. The maximum absolute atomic E-state index is 5.91. The van der Waals surface area contributed by atoms with Crippen molar-refractivity contribution in [2.24, 2.45) is 14.1 Å². The summed E-state index contributed by atoms with van der Waals surface area (Å²) in [7, 11) is 3.78. The molecule has 0 aliphatic carbocycles. The molecule has 0 aliphatic rings. The molecule has 0 amide bonds. The summed E-state index contributed by atoms with van der Waals surface area (Å²) in [4.78, 5) is 0. The number of anilines is 1. The molecule has 2 aromatic rings. The van der Waals surface area contributed by atoms with Crippen LogP contribution in [0.4, 0.5) is 5.82 Å². The number of nitrogens with zero attached hydrogens (tertiary/aromatic N) is 4. The Hall–Kier alpha value is -1.78. The van der Waals surface area contributed by atoms with Crippen LogP contribution in [-0.4, -0.2) is 19.6 Å². The standard InChI is InChI=1S/C11H17N5/c1-5-9-8(6-15(3)13-9)10-7(2)11(12)16(4)14-10/h6H,5,12H2,1-4H3. The molecule has 2 heterocycles. The lowest BCUT2D eigenvalue weighted by molar-refractivity contribution is 0.746. The largest absolute Gasteiger partial charge is 0.384 e. The number of nitrogen functional groups attached to an aromatic ring is 1. The summed E-state index contributed by atoms with van der Waals surface area (Å²) in [5.41, 5.74) is 10.0. The van der Waals surface area contributed by atoms with Crippen LogP contribution in [0.15, 0.2) is 6.20 Å². The maximum Gasteiger partial charge on any atom is 0.124 e. The fourth-order valence-corrected chi connectivity index (χ4v) is 1.89. The van der Waals surface area contributed by atoms with E-state index in [1.807, 2.05) is 31.9 Å². The molecule has 86 valence electrons. The fraction of sp³-hybridized carbons (Fsp3) is 0.455. The number of hydrogen-bond donors (Lipinski definition) is 1. The molecule has 0 atom stereocenters. The molecule has 0 unspecified atom stereocenters. The first-order valence-electron chi connectivity index (χ1n) is 5.36. The summed E-state index contributed by atoms with van der Waals surface area (Å²) >= 11 is 0. The normalized spacial score (nSPS) is 11.0. The number of hydrogen-bond acceptors (Lipinski definition) is 3. The SMILES string of the molecule is CCc1nn(C)cc1-c1nn(C)c(N)c1C. The van der Waals surface area contributed by atoms with Crippen LogP contribution in [0.2, 0.25) is 0 Å². The Balaban J connectivity index is 2.62. The molecular formula is C11H17N5. The van der Waals surface area contributed by atoms with Crippen LogP contribution < -0.4 is 5.73 Å². The molecule has 0 saturated carbocycles. The van der Waals surface area contributed by atoms with E-state index in [9.17, 15) is 0 Å². The van der Waals surface area contributed by atoms with Crippen LogP contribution in [0.25, 0.3) is 11.3 Å². The minimum Gasteiger partial charge on any atom is -0.384 e. The molecule has 0 aliphatic heterocycles. The topological polar surface area (TPSA) is 61.7 Å². The van der Waals surface area contributed by atoms with E-state index in [1.165, 1.54) is 0 Å². The fourth-order valence-electron chi connectivity index (χ4n) is 1.89. The lowest BCUT2D eigenvalue weighted by atomic mass is 10.1. The van der Waals surface area contributed by atoms with E-state index in [-0.39, 0.29) is 0 Å². The van der Waals surface area contributed by atoms with Gasteiger partial charge < -0.3 is 5.73 Å². The zero-order valence-electron chi connectivity index (χ0n) is 10.2. The van der Waals surface area contributed by atoms with Crippen molar-refractivity contribution in [1.29, 1.82) is 0 Å². The zero-order chi connectivity index (χ0) is 11.9. The highest BCUT2D eigenvalue weighted by molar-refractivity contribution is 5.69. The highest BCUT2D eigenvalue weighted by Crippen LogP contribution is 2.28. The molecule has 0 spiro atoms. The van der Waals surface area contributed by atoms with Crippen molar-refractivity contribution < 1.29 is 0 Å². The molecule has 2 aromatic heterocycles. The van der Waals surface area contributed by atoms with E-state index >= 15 is 0 Å². The number of nitrogens with two attached hydrogens (primary N) is 1. The van der Waals surface area contributed by atoms with Gasteiger partial charge in [0.1, 0.15) is 11.5 Å². The first-order valence-corrected chi connectivity index (χ1v) is 5.36. The van der Waals surface area contributed by atoms with Crippen LogP contribution in [0.1, 0.15) is 18.2 Å². The minimum absolute atomic E-state index is 0.709. The van der Waals surface area contributed by atoms with E-state index in [0.717, 1.165) is 28.9 Å². The highest BCUT2D eigenvalue weighted by atomic mass is 15.3. The van der Waals surface area contributed by atoms with E-state index in [2.05, 4.69) is 17.1 Å².